The molecular formula is C16H29NO3. The molecule has 0 radical (unpaired) electrons. The summed E-state index contributed by atoms with van der Waals surface area (Å²) in [5.74, 6) is -0.649. The van der Waals surface area contributed by atoms with Gasteiger partial charge >= 0.3 is 5.97 Å². The average Bonchev–Trinajstić information content (AvgIpc) is 2.39. The molecule has 1 aliphatic heterocycles. The molecule has 1 N–H and O–H groups in total. The SMILES string of the molecule is CN(CC1(C(=O)O)CCOCC1)C1CCC(C)(C)CC1. The Morgan fingerprint density at radius 3 is 2.25 bits per heavy atom. The van der Waals surface area contributed by atoms with Crippen molar-refractivity contribution in [2.24, 2.45) is 10.8 Å². The normalized spacial score (nSPS) is 26.6. The molecule has 1 aliphatic carbocycles. The van der Waals surface area contributed by atoms with E-state index < -0.39 is 11.4 Å². The van der Waals surface area contributed by atoms with E-state index in [0.29, 0.717) is 44.1 Å². The second-order valence-corrected chi connectivity index (χ2v) is 7.51. The first kappa shape index (κ1) is 15.8. The van der Waals surface area contributed by atoms with Crippen LogP contribution in [-0.2, 0) is 9.53 Å². The predicted molar refractivity (Wildman–Crippen MR) is 78.8 cm³/mol. The van der Waals surface area contributed by atoms with Crippen molar-refractivity contribution in [1.29, 1.82) is 0 Å². The quantitative estimate of drug-likeness (QED) is 0.862. The monoisotopic (exact) mass is 283 g/mol. The summed E-state index contributed by atoms with van der Waals surface area (Å²) in [7, 11) is 2.10. The zero-order valence-electron chi connectivity index (χ0n) is 13.2. The molecule has 0 unspecified atom stereocenters. The Bertz CT molecular complexity index is 338. The summed E-state index contributed by atoms with van der Waals surface area (Å²) in [4.78, 5) is 14.0. The Balaban J connectivity index is 1.95. The second kappa shape index (κ2) is 6.02. The molecule has 1 heterocycles. The first-order valence-electron chi connectivity index (χ1n) is 7.86. The molecule has 0 aromatic heterocycles. The number of carboxylic acid groups (broad SMARTS) is 1. The summed E-state index contributed by atoms with van der Waals surface area (Å²) in [5, 5.41) is 9.64. The molecule has 2 rings (SSSR count). The first-order valence-corrected chi connectivity index (χ1v) is 7.86. The Hall–Kier alpha value is -0.610. The van der Waals surface area contributed by atoms with Crippen LogP contribution < -0.4 is 0 Å². The molecule has 0 aromatic carbocycles. The Morgan fingerprint density at radius 2 is 1.75 bits per heavy atom. The lowest BCUT2D eigenvalue weighted by molar-refractivity contribution is -0.157. The molecule has 0 amide bonds. The Labute approximate surface area is 122 Å². The molecule has 4 nitrogen and oxygen atoms in total. The van der Waals surface area contributed by atoms with Crippen LogP contribution in [0.3, 0.4) is 0 Å². The van der Waals surface area contributed by atoms with E-state index in [0.717, 1.165) is 0 Å². The van der Waals surface area contributed by atoms with Crippen LogP contribution in [0, 0.1) is 10.8 Å². The van der Waals surface area contributed by atoms with Crippen LogP contribution >= 0.6 is 0 Å². The highest BCUT2D eigenvalue weighted by molar-refractivity contribution is 5.75. The third-order valence-electron chi connectivity index (χ3n) is 5.39. The van der Waals surface area contributed by atoms with E-state index in [9.17, 15) is 9.90 Å². The van der Waals surface area contributed by atoms with Crippen LogP contribution in [0.1, 0.15) is 52.4 Å². The highest BCUT2D eigenvalue weighted by Crippen LogP contribution is 2.38. The minimum Gasteiger partial charge on any atom is -0.481 e. The molecule has 0 aromatic rings. The molecule has 0 atom stereocenters. The van der Waals surface area contributed by atoms with Crippen LogP contribution in [0.5, 0.6) is 0 Å². The predicted octanol–water partition coefficient (Wildman–Crippen LogP) is 2.77. The van der Waals surface area contributed by atoms with Crippen molar-refractivity contribution in [3.63, 3.8) is 0 Å². The van der Waals surface area contributed by atoms with E-state index in [1.807, 2.05) is 0 Å². The van der Waals surface area contributed by atoms with Gasteiger partial charge in [0.2, 0.25) is 0 Å². The van der Waals surface area contributed by atoms with Gasteiger partial charge in [-0.25, -0.2) is 0 Å². The summed E-state index contributed by atoms with van der Waals surface area (Å²) in [6.45, 7) is 6.49. The van der Waals surface area contributed by atoms with Gasteiger partial charge < -0.3 is 14.7 Å². The maximum absolute atomic E-state index is 11.7. The number of carboxylic acids is 1. The van der Waals surface area contributed by atoms with E-state index in [1.54, 1.807) is 0 Å². The molecule has 0 spiro atoms. The number of hydrogen-bond acceptors (Lipinski definition) is 3. The third-order valence-corrected chi connectivity index (χ3v) is 5.39. The number of rotatable bonds is 4. The van der Waals surface area contributed by atoms with Crippen molar-refractivity contribution < 1.29 is 14.6 Å². The number of hydrogen-bond donors (Lipinski definition) is 1. The number of aliphatic carboxylic acids is 1. The summed E-state index contributed by atoms with van der Waals surface area (Å²) in [6.07, 6.45) is 6.15. The third kappa shape index (κ3) is 3.53. The van der Waals surface area contributed by atoms with Crippen molar-refractivity contribution in [3.8, 4) is 0 Å². The lowest BCUT2D eigenvalue weighted by atomic mass is 9.74. The number of nitrogens with zero attached hydrogens (tertiary/aromatic N) is 1. The molecular weight excluding hydrogens is 254 g/mol. The van der Waals surface area contributed by atoms with Crippen molar-refractivity contribution in [2.45, 2.75) is 58.4 Å². The summed E-state index contributed by atoms with van der Waals surface area (Å²) >= 11 is 0. The van der Waals surface area contributed by atoms with Crippen LogP contribution in [0.25, 0.3) is 0 Å². The van der Waals surface area contributed by atoms with Crippen LogP contribution in [-0.4, -0.2) is 48.8 Å². The highest BCUT2D eigenvalue weighted by Gasteiger charge is 2.42. The van der Waals surface area contributed by atoms with Gasteiger partial charge in [0.15, 0.2) is 0 Å². The molecule has 4 heteroatoms. The van der Waals surface area contributed by atoms with E-state index in [-0.39, 0.29) is 0 Å². The Morgan fingerprint density at radius 1 is 1.20 bits per heavy atom. The lowest BCUT2D eigenvalue weighted by Gasteiger charge is -2.43. The molecule has 1 saturated carbocycles. The van der Waals surface area contributed by atoms with Gasteiger partial charge in [-0.2, -0.15) is 0 Å². The van der Waals surface area contributed by atoms with Gasteiger partial charge in [-0.1, -0.05) is 13.8 Å². The van der Waals surface area contributed by atoms with Crippen molar-refractivity contribution in [3.05, 3.63) is 0 Å². The van der Waals surface area contributed by atoms with Gasteiger partial charge in [-0.05, 0) is 51.0 Å². The van der Waals surface area contributed by atoms with E-state index in [1.165, 1.54) is 25.7 Å². The zero-order chi connectivity index (χ0) is 14.8. The number of carbonyl (C=O) groups is 1. The summed E-state index contributed by atoms with van der Waals surface area (Å²) in [6, 6.07) is 0.544. The van der Waals surface area contributed by atoms with Crippen molar-refractivity contribution in [1.82, 2.24) is 4.90 Å². The standard InChI is InChI=1S/C16H29NO3/c1-15(2)6-4-13(5-7-15)17(3)12-16(14(18)19)8-10-20-11-9-16/h13H,4-12H2,1-3H3,(H,18,19). The summed E-state index contributed by atoms with van der Waals surface area (Å²) in [5.41, 5.74) is -0.138. The zero-order valence-corrected chi connectivity index (χ0v) is 13.2. The van der Waals surface area contributed by atoms with Gasteiger partial charge in [-0.15, -0.1) is 0 Å². The van der Waals surface area contributed by atoms with E-state index in [2.05, 4.69) is 25.8 Å². The smallest absolute Gasteiger partial charge is 0.311 e. The van der Waals surface area contributed by atoms with Crippen molar-refractivity contribution >= 4 is 5.97 Å². The average molecular weight is 283 g/mol. The highest BCUT2D eigenvalue weighted by atomic mass is 16.5. The molecule has 2 fully saturated rings. The maximum atomic E-state index is 11.7. The van der Waals surface area contributed by atoms with Crippen LogP contribution in [0.15, 0.2) is 0 Å². The first-order chi connectivity index (χ1) is 9.35. The minimum absolute atomic E-state index is 0.459. The van der Waals surface area contributed by atoms with Crippen molar-refractivity contribution in [2.75, 3.05) is 26.8 Å². The largest absolute Gasteiger partial charge is 0.481 e. The van der Waals surface area contributed by atoms with Gasteiger partial charge in [0.1, 0.15) is 0 Å². The number of ether oxygens (including phenoxy) is 1. The van der Waals surface area contributed by atoms with E-state index in [4.69, 9.17) is 4.74 Å². The fourth-order valence-corrected chi connectivity index (χ4v) is 3.63. The second-order valence-electron chi connectivity index (χ2n) is 7.51. The van der Waals surface area contributed by atoms with Gasteiger partial charge in [0, 0.05) is 25.8 Å². The molecule has 116 valence electrons. The fourth-order valence-electron chi connectivity index (χ4n) is 3.63. The maximum Gasteiger partial charge on any atom is 0.311 e. The molecule has 1 saturated heterocycles. The van der Waals surface area contributed by atoms with Gasteiger partial charge in [0.05, 0.1) is 5.41 Å². The molecule has 2 aliphatic rings. The van der Waals surface area contributed by atoms with Crippen LogP contribution in [0.4, 0.5) is 0 Å². The van der Waals surface area contributed by atoms with Gasteiger partial charge in [0.25, 0.3) is 0 Å². The summed E-state index contributed by atoms with van der Waals surface area (Å²) < 4.78 is 5.35. The minimum atomic E-state index is -0.649. The molecule has 0 bridgehead atoms. The Kier molecular flexibility index (Phi) is 4.75. The lowest BCUT2D eigenvalue weighted by Crippen LogP contribution is -2.49. The molecule has 20 heavy (non-hydrogen) atoms. The van der Waals surface area contributed by atoms with Crippen LogP contribution in [0.2, 0.25) is 0 Å². The van der Waals surface area contributed by atoms with E-state index >= 15 is 0 Å². The van der Waals surface area contributed by atoms with Gasteiger partial charge in [-0.3, -0.25) is 4.79 Å². The fraction of sp³-hybridized carbons (Fsp3) is 0.938. The topological polar surface area (TPSA) is 49.8 Å².